The molecular formula is C19H26N2O2. The van der Waals surface area contributed by atoms with Crippen LogP contribution < -0.4 is 10.5 Å². The molecule has 0 spiro atoms. The monoisotopic (exact) mass is 314 g/mol. The van der Waals surface area contributed by atoms with Gasteiger partial charge in [-0.3, -0.25) is 9.69 Å². The number of rotatable bonds is 5. The molecule has 1 aromatic carbocycles. The largest absolute Gasteiger partial charge is 0.493 e. The van der Waals surface area contributed by atoms with Crippen molar-refractivity contribution in [3.05, 3.63) is 29.3 Å². The van der Waals surface area contributed by atoms with Gasteiger partial charge in [-0.05, 0) is 48.9 Å². The first-order valence-corrected chi connectivity index (χ1v) is 8.91. The molecule has 23 heavy (non-hydrogen) atoms. The van der Waals surface area contributed by atoms with E-state index in [0.29, 0.717) is 0 Å². The van der Waals surface area contributed by atoms with Crippen LogP contribution in [0.25, 0.3) is 0 Å². The van der Waals surface area contributed by atoms with Crippen molar-refractivity contribution in [2.75, 3.05) is 19.7 Å². The van der Waals surface area contributed by atoms with E-state index in [4.69, 9.17) is 10.5 Å². The number of ether oxygens (including phenoxy) is 1. The van der Waals surface area contributed by atoms with Crippen molar-refractivity contribution in [1.29, 1.82) is 0 Å². The Morgan fingerprint density at radius 1 is 1.39 bits per heavy atom. The highest BCUT2D eigenvalue weighted by atomic mass is 16.5. The first-order valence-electron chi connectivity index (χ1n) is 8.91. The third-order valence-corrected chi connectivity index (χ3v) is 5.72. The topological polar surface area (TPSA) is 55.6 Å². The molecule has 1 unspecified atom stereocenters. The summed E-state index contributed by atoms with van der Waals surface area (Å²) in [6, 6.07) is 6.52. The predicted octanol–water partition coefficient (Wildman–Crippen LogP) is 2.49. The smallest absolute Gasteiger partial charge is 0.224 e. The van der Waals surface area contributed by atoms with Crippen LogP contribution in [0.15, 0.2) is 18.2 Å². The Balaban J connectivity index is 1.47. The fourth-order valence-corrected chi connectivity index (χ4v) is 4.30. The molecule has 1 amide bonds. The van der Waals surface area contributed by atoms with E-state index < -0.39 is 0 Å². The Morgan fingerprint density at radius 3 is 3.04 bits per heavy atom. The molecule has 2 fully saturated rings. The number of nitrogens with zero attached hydrogens (tertiary/aromatic N) is 1. The van der Waals surface area contributed by atoms with Gasteiger partial charge in [0.15, 0.2) is 0 Å². The van der Waals surface area contributed by atoms with Gasteiger partial charge in [-0.25, -0.2) is 0 Å². The zero-order valence-electron chi connectivity index (χ0n) is 13.7. The maximum absolute atomic E-state index is 12.2. The normalized spacial score (nSPS) is 27.5. The predicted molar refractivity (Wildman–Crippen MR) is 89.1 cm³/mol. The second-order valence-electron chi connectivity index (χ2n) is 7.65. The molecule has 2 N–H and O–H groups in total. The molecule has 124 valence electrons. The number of primary amides is 1. The SMILES string of the molecule is NC(=O)C1(CC2CC2)CCCN(Cc2ccc3c(c2)CCO3)C1. The molecule has 0 radical (unpaired) electrons. The molecular weight excluding hydrogens is 288 g/mol. The van der Waals surface area contributed by atoms with Crippen LogP contribution >= 0.6 is 0 Å². The summed E-state index contributed by atoms with van der Waals surface area (Å²) in [5.41, 5.74) is 8.17. The minimum atomic E-state index is -0.292. The second-order valence-corrected chi connectivity index (χ2v) is 7.65. The molecule has 2 heterocycles. The van der Waals surface area contributed by atoms with E-state index in [1.54, 1.807) is 0 Å². The van der Waals surface area contributed by atoms with Crippen molar-refractivity contribution in [2.45, 2.75) is 45.1 Å². The van der Waals surface area contributed by atoms with E-state index >= 15 is 0 Å². The average molecular weight is 314 g/mol. The lowest BCUT2D eigenvalue weighted by atomic mass is 9.75. The van der Waals surface area contributed by atoms with Crippen LogP contribution in [0.5, 0.6) is 5.75 Å². The summed E-state index contributed by atoms with van der Waals surface area (Å²) in [4.78, 5) is 14.6. The summed E-state index contributed by atoms with van der Waals surface area (Å²) in [5, 5.41) is 0. The quantitative estimate of drug-likeness (QED) is 0.908. The Labute approximate surface area is 138 Å². The van der Waals surface area contributed by atoms with E-state index in [0.717, 1.165) is 63.6 Å². The molecule has 0 bridgehead atoms. The van der Waals surface area contributed by atoms with Crippen molar-refractivity contribution in [1.82, 2.24) is 4.90 Å². The lowest BCUT2D eigenvalue weighted by Gasteiger charge is -2.41. The second kappa shape index (κ2) is 5.82. The molecule has 1 aliphatic carbocycles. The molecule has 1 atom stereocenters. The van der Waals surface area contributed by atoms with Gasteiger partial charge in [-0.1, -0.05) is 25.0 Å². The molecule has 0 aromatic heterocycles. The van der Waals surface area contributed by atoms with E-state index in [-0.39, 0.29) is 11.3 Å². The molecule has 2 aliphatic heterocycles. The van der Waals surface area contributed by atoms with Crippen molar-refractivity contribution >= 4 is 5.91 Å². The number of carbonyl (C=O) groups excluding carboxylic acids is 1. The number of nitrogens with two attached hydrogens (primary N) is 1. The van der Waals surface area contributed by atoms with E-state index in [2.05, 4.69) is 23.1 Å². The number of fused-ring (bicyclic) bond motifs is 1. The third kappa shape index (κ3) is 3.09. The first kappa shape index (κ1) is 15.0. The number of piperidine rings is 1. The van der Waals surface area contributed by atoms with Crippen molar-refractivity contribution in [2.24, 2.45) is 17.1 Å². The molecule has 4 nitrogen and oxygen atoms in total. The highest BCUT2D eigenvalue weighted by molar-refractivity contribution is 5.81. The number of amides is 1. The lowest BCUT2D eigenvalue weighted by molar-refractivity contribution is -0.132. The maximum atomic E-state index is 12.2. The van der Waals surface area contributed by atoms with Crippen LogP contribution in [0.3, 0.4) is 0 Å². The van der Waals surface area contributed by atoms with Crippen LogP contribution in [0.4, 0.5) is 0 Å². The van der Waals surface area contributed by atoms with Crippen LogP contribution in [0.1, 0.15) is 43.2 Å². The summed E-state index contributed by atoms with van der Waals surface area (Å²) < 4.78 is 5.58. The van der Waals surface area contributed by atoms with E-state index in [9.17, 15) is 4.79 Å². The Bertz CT molecular complexity index is 611. The van der Waals surface area contributed by atoms with Gasteiger partial charge in [-0.15, -0.1) is 0 Å². The Kier molecular flexibility index (Phi) is 3.80. The van der Waals surface area contributed by atoms with E-state index in [1.807, 2.05) is 0 Å². The summed E-state index contributed by atoms with van der Waals surface area (Å²) in [6.45, 7) is 3.60. The molecule has 4 rings (SSSR count). The Hall–Kier alpha value is -1.55. The van der Waals surface area contributed by atoms with Crippen molar-refractivity contribution in [3.8, 4) is 5.75 Å². The number of hydrogen-bond donors (Lipinski definition) is 1. The van der Waals surface area contributed by atoms with Gasteiger partial charge < -0.3 is 10.5 Å². The highest BCUT2D eigenvalue weighted by Gasteiger charge is 2.44. The highest BCUT2D eigenvalue weighted by Crippen LogP contribution is 2.44. The van der Waals surface area contributed by atoms with Gasteiger partial charge >= 0.3 is 0 Å². The molecule has 1 saturated heterocycles. The van der Waals surface area contributed by atoms with Crippen LogP contribution in [-0.4, -0.2) is 30.5 Å². The fourth-order valence-electron chi connectivity index (χ4n) is 4.30. The minimum Gasteiger partial charge on any atom is -0.493 e. The number of carbonyl (C=O) groups is 1. The first-order chi connectivity index (χ1) is 11.1. The van der Waals surface area contributed by atoms with Crippen LogP contribution in [-0.2, 0) is 17.8 Å². The standard InChI is InChI=1S/C19H26N2O2/c20-18(22)19(11-14-2-3-14)7-1-8-21(13-19)12-15-4-5-17-16(10-15)6-9-23-17/h4-5,10,14H,1-3,6-9,11-13H2,(H2,20,22). The maximum Gasteiger partial charge on any atom is 0.224 e. The zero-order valence-corrected chi connectivity index (χ0v) is 13.7. The Morgan fingerprint density at radius 2 is 2.26 bits per heavy atom. The minimum absolute atomic E-state index is 0.0866. The van der Waals surface area contributed by atoms with Gasteiger partial charge in [-0.2, -0.15) is 0 Å². The summed E-state index contributed by atoms with van der Waals surface area (Å²) in [7, 11) is 0. The average Bonchev–Trinajstić information content (AvgIpc) is 3.21. The summed E-state index contributed by atoms with van der Waals surface area (Å²) in [6.07, 6.45) is 6.60. The van der Waals surface area contributed by atoms with Gasteiger partial charge in [0.25, 0.3) is 0 Å². The molecule has 4 heteroatoms. The van der Waals surface area contributed by atoms with Gasteiger partial charge in [0.05, 0.1) is 12.0 Å². The lowest BCUT2D eigenvalue weighted by Crippen LogP contribution is -2.50. The summed E-state index contributed by atoms with van der Waals surface area (Å²) in [5.74, 6) is 1.68. The van der Waals surface area contributed by atoms with Crippen LogP contribution in [0, 0.1) is 11.3 Å². The fraction of sp³-hybridized carbons (Fsp3) is 0.632. The third-order valence-electron chi connectivity index (χ3n) is 5.72. The van der Waals surface area contributed by atoms with Crippen LogP contribution in [0.2, 0.25) is 0 Å². The van der Waals surface area contributed by atoms with Crippen molar-refractivity contribution in [3.63, 3.8) is 0 Å². The van der Waals surface area contributed by atoms with Crippen molar-refractivity contribution < 1.29 is 9.53 Å². The van der Waals surface area contributed by atoms with Gasteiger partial charge in [0.2, 0.25) is 5.91 Å². The number of likely N-dealkylation sites (tertiary alicyclic amines) is 1. The van der Waals surface area contributed by atoms with E-state index in [1.165, 1.54) is 24.0 Å². The van der Waals surface area contributed by atoms with Gasteiger partial charge in [0.1, 0.15) is 5.75 Å². The molecule has 1 saturated carbocycles. The number of benzene rings is 1. The van der Waals surface area contributed by atoms with Gasteiger partial charge in [0, 0.05) is 19.5 Å². The molecule has 1 aromatic rings. The molecule has 3 aliphatic rings. The zero-order chi connectivity index (χ0) is 15.9. The number of hydrogen-bond acceptors (Lipinski definition) is 3. The summed E-state index contributed by atoms with van der Waals surface area (Å²) >= 11 is 0.